The highest BCUT2D eigenvalue weighted by atomic mass is 16.3. The minimum absolute atomic E-state index is 0.463. The van der Waals surface area contributed by atoms with Crippen molar-refractivity contribution < 1.29 is 5.11 Å². The van der Waals surface area contributed by atoms with E-state index >= 15 is 0 Å². The van der Waals surface area contributed by atoms with Gasteiger partial charge in [-0.3, -0.25) is 0 Å². The van der Waals surface area contributed by atoms with Crippen molar-refractivity contribution in [1.29, 1.82) is 0 Å². The number of hydrogen-bond donors (Lipinski definition) is 1. The third kappa shape index (κ3) is 4.19. The summed E-state index contributed by atoms with van der Waals surface area (Å²) in [5, 5.41) is 10.1. The lowest BCUT2D eigenvalue weighted by Crippen LogP contribution is -1.97. The van der Waals surface area contributed by atoms with E-state index in [4.69, 9.17) is 0 Å². The average Bonchev–Trinajstić information content (AvgIpc) is 2.28. The molecule has 0 fully saturated rings. The van der Waals surface area contributed by atoms with E-state index in [1.807, 2.05) is 36.4 Å². The Labute approximate surface area is 98.8 Å². The number of aliphatic hydroxyl groups is 1. The highest BCUT2D eigenvalue weighted by Gasteiger charge is 2.06. The Morgan fingerprint density at radius 2 is 1.88 bits per heavy atom. The largest absolute Gasteiger partial charge is 0.384 e. The highest BCUT2D eigenvalue weighted by molar-refractivity contribution is 5.22. The van der Waals surface area contributed by atoms with Gasteiger partial charge < -0.3 is 5.11 Å². The fourth-order valence-corrected chi connectivity index (χ4v) is 1.82. The molecule has 0 saturated carbocycles. The van der Waals surface area contributed by atoms with Crippen molar-refractivity contribution in [3.63, 3.8) is 0 Å². The fraction of sp³-hybridized carbons (Fsp3) is 0.467. The zero-order valence-corrected chi connectivity index (χ0v) is 10.5. The van der Waals surface area contributed by atoms with E-state index in [1.54, 1.807) is 0 Å². The molecule has 0 amide bonds. The SMILES string of the molecule is CC/C(=C\C(O)c1ccccc1)CC(C)C. The van der Waals surface area contributed by atoms with Crippen molar-refractivity contribution in [2.75, 3.05) is 0 Å². The summed E-state index contributed by atoms with van der Waals surface area (Å²) in [7, 11) is 0. The van der Waals surface area contributed by atoms with Crippen LogP contribution in [0.2, 0.25) is 0 Å². The third-order valence-electron chi connectivity index (χ3n) is 2.66. The molecule has 1 unspecified atom stereocenters. The monoisotopic (exact) mass is 218 g/mol. The Hall–Kier alpha value is -1.08. The zero-order valence-electron chi connectivity index (χ0n) is 10.5. The van der Waals surface area contributed by atoms with Crippen molar-refractivity contribution in [3.05, 3.63) is 47.5 Å². The van der Waals surface area contributed by atoms with Crippen LogP contribution in [0.3, 0.4) is 0 Å². The van der Waals surface area contributed by atoms with Gasteiger partial charge in [-0.1, -0.05) is 62.8 Å². The molecule has 1 N–H and O–H groups in total. The summed E-state index contributed by atoms with van der Waals surface area (Å²) in [6.07, 6.45) is 3.62. The van der Waals surface area contributed by atoms with Crippen molar-refractivity contribution in [3.8, 4) is 0 Å². The quantitative estimate of drug-likeness (QED) is 0.738. The van der Waals surface area contributed by atoms with Crippen LogP contribution in [0, 0.1) is 5.92 Å². The van der Waals surface area contributed by atoms with Gasteiger partial charge in [0.05, 0.1) is 6.10 Å². The number of aliphatic hydroxyl groups excluding tert-OH is 1. The summed E-state index contributed by atoms with van der Waals surface area (Å²) in [6, 6.07) is 9.81. The molecule has 1 aromatic carbocycles. The van der Waals surface area contributed by atoms with Crippen LogP contribution in [0.1, 0.15) is 45.3 Å². The van der Waals surface area contributed by atoms with Gasteiger partial charge in [0.2, 0.25) is 0 Å². The topological polar surface area (TPSA) is 20.2 Å². The van der Waals surface area contributed by atoms with E-state index in [2.05, 4.69) is 20.8 Å². The van der Waals surface area contributed by atoms with Gasteiger partial charge in [-0.05, 0) is 24.3 Å². The van der Waals surface area contributed by atoms with Gasteiger partial charge in [-0.25, -0.2) is 0 Å². The van der Waals surface area contributed by atoms with E-state index in [-0.39, 0.29) is 0 Å². The minimum Gasteiger partial charge on any atom is -0.384 e. The van der Waals surface area contributed by atoms with E-state index in [0.717, 1.165) is 18.4 Å². The van der Waals surface area contributed by atoms with Crippen LogP contribution in [0.15, 0.2) is 42.0 Å². The molecule has 0 aromatic heterocycles. The second kappa shape index (κ2) is 6.49. The molecule has 0 heterocycles. The Kier molecular flexibility index (Phi) is 5.27. The van der Waals surface area contributed by atoms with Crippen LogP contribution >= 0.6 is 0 Å². The van der Waals surface area contributed by atoms with Crippen molar-refractivity contribution >= 4 is 0 Å². The Morgan fingerprint density at radius 3 is 2.38 bits per heavy atom. The van der Waals surface area contributed by atoms with Gasteiger partial charge >= 0.3 is 0 Å². The van der Waals surface area contributed by atoms with Gasteiger partial charge in [0.15, 0.2) is 0 Å². The number of benzene rings is 1. The molecule has 1 rings (SSSR count). The van der Waals surface area contributed by atoms with Crippen LogP contribution in [0.25, 0.3) is 0 Å². The standard InChI is InChI=1S/C15H22O/c1-4-13(10-12(2)3)11-15(16)14-8-6-5-7-9-14/h5-9,11-12,15-16H,4,10H2,1-3H3/b13-11+. The maximum Gasteiger partial charge on any atom is 0.0974 e. The molecule has 16 heavy (non-hydrogen) atoms. The minimum atomic E-state index is -0.463. The summed E-state index contributed by atoms with van der Waals surface area (Å²) in [5.41, 5.74) is 2.31. The van der Waals surface area contributed by atoms with Crippen LogP contribution in [0.4, 0.5) is 0 Å². The third-order valence-corrected chi connectivity index (χ3v) is 2.66. The van der Waals surface area contributed by atoms with E-state index < -0.39 is 6.10 Å². The molecule has 1 atom stereocenters. The summed E-state index contributed by atoms with van der Waals surface area (Å²) in [6.45, 7) is 6.56. The van der Waals surface area contributed by atoms with Crippen molar-refractivity contribution in [1.82, 2.24) is 0 Å². The van der Waals surface area contributed by atoms with Gasteiger partial charge in [0.1, 0.15) is 0 Å². The molecule has 1 nitrogen and oxygen atoms in total. The molecule has 0 spiro atoms. The Balaban J connectivity index is 2.73. The normalized spacial score (nSPS) is 14.2. The van der Waals surface area contributed by atoms with Crippen LogP contribution in [-0.4, -0.2) is 5.11 Å². The lowest BCUT2D eigenvalue weighted by molar-refractivity contribution is 0.227. The van der Waals surface area contributed by atoms with Crippen LogP contribution in [-0.2, 0) is 0 Å². The first-order valence-electron chi connectivity index (χ1n) is 6.06. The summed E-state index contributed by atoms with van der Waals surface area (Å²) in [5.74, 6) is 0.647. The number of rotatable bonds is 5. The van der Waals surface area contributed by atoms with Crippen LogP contribution in [0.5, 0.6) is 0 Å². The van der Waals surface area contributed by atoms with Gasteiger partial charge in [-0.2, -0.15) is 0 Å². The number of hydrogen-bond acceptors (Lipinski definition) is 1. The lowest BCUT2D eigenvalue weighted by Gasteiger charge is -2.12. The van der Waals surface area contributed by atoms with Gasteiger partial charge in [0.25, 0.3) is 0 Å². The van der Waals surface area contributed by atoms with E-state index in [0.29, 0.717) is 5.92 Å². The summed E-state index contributed by atoms with van der Waals surface area (Å²) in [4.78, 5) is 0. The molecule has 88 valence electrons. The number of allylic oxidation sites excluding steroid dienone is 1. The predicted octanol–water partition coefficient (Wildman–Crippen LogP) is 4.10. The second-order valence-electron chi connectivity index (χ2n) is 4.63. The fourth-order valence-electron chi connectivity index (χ4n) is 1.82. The highest BCUT2D eigenvalue weighted by Crippen LogP contribution is 2.20. The molecule has 0 saturated heterocycles. The predicted molar refractivity (Wildman–Crippen MR) is 69.2 cm³/mol. The van der Waals surface area contributed by atoms with Gasteiger partial charge in [-0.15, -0.1) is 0 Å². The average molecular weight is 218 g/mol. The molecule has 1 aromatic rings. The first kappa shape index (κ1) is 13.0. The lowest BCUT2D eigenvalue weighted by atomic mass is 9.98. The molecular formula is C15H22O. The summed E-state index contributed by atoms with van der Waals surface area (Å²) >= 11 is 0. The van der Waals surface area contributed by atoms with E-state index in [1.165, 1.54) is 5.57 Å². The first-order chi connectivity index (χ1) is 7.63. The molecule has 0 aliphatic rings. The second-order valence-corrected chi connectivity index (χ2v) is 4.63. The molecule has 0 aliphatic heterocycles. The summed E-state index contributed by atoms with van der Waals surface area (Å²) < 4.78 is 0. The molecule has 0 radical (unpaired) electrons. The zero-order chi connectivity index (χ0) is 12.0. The van der Waals surface area contributed by atoms with Crippen LogP contribution < -0.4 is 0 Å². The smallest absolute Gasteiger partial charge is 0.0974 e. The van der Waals surface area contributed by atoms with E-state index in [9.17, 15) is 5.11 Å². The van der Waals surface area contributed by atoms with Crippen molar-refractivity contribution in [2.24, 2.45) is 5.92 Å². The maximum atomic E-state index is 10.1. The molecule has 0 bridgehead atoms. The first-order valence-corrected chi connectivity index (χ1v) is 6.06. The molecule has 0 aliphatic carbocycles. The molecular weight excluding hydrogens is 196 g/mol. The Bertz CT molecular complexity index is 325. The van der Waals surface area contributed by atoms with Crippen molar-refractivity contribution in [2.45, 2.75) is 39.7 Å². The molecule has 1 heteroatoms. The van der Waals surface area contributed by atoms with Gasteiger partial charge in [0, 0.05) is 0 Å². The maximum absolute atomic E-state index is 10.1. The Morgan fingerprint density at radius 1 is 1.25 bits per heavy atom.